The summed E-state index contributed by atoms with van der Waals surface area (Å²) in [5, 5.41) is 6.03. The third kappa shape index (κ3) is 3.05. The minimum absolute atomic E-state index is 0.0110. The lowest BCUT2D eigenvalue weighted by Crippen LogP contribution is -2.29. The van der Waals surface area contributed by atoms with Crippen LogP contribution in [-0.4, -0.2) is 20.3 Å². The van der Waals surface area contributed by atoms with E-state index in [0.717, 1.165) is 27.8 Å². The second kappa shape index (κ2) is 6.18. The molecule has 3 aromatic heterocycles. The van der Waals surface area contributed by atoms with Crippen molar-refractivity contribution in [2.75, 3.05) is 0 Å². The molecule has 0 saturated carbocycles. The molecule has 0 spiro atoms. The van der Waals surface area contributed by atoms with Gasteiger partial charge in [0.1, 0.15) is 5.01 Å². The Morgan fingerprint density at radius 1 is 1.41 bits per heavy atom. The number of carbonyl (C=O) groups excluding carboxylic acids is 1. The SMILES string of the molecule is CC[C@@H](NC(=O)Cc1cn2ccsc2n1)c1nc(C)c(C)s1. The van der Waals surface area contributed by atoms with Gasteiger partial charge in [0, 0.05) is 22.7 Å². The molecule has 0 radical (unpaired) electrons. The Bertz CT molecular complexity index is 754. The van der Waals surface area contributed by atoms with Gasteiger partial charge in [0.15, 0.2) is 4.96 Å². The molecule has 0 aromatic carbocycles. The molecule has 0 saturated heterocycles. The molecule has 0 aliphatic carbocycles. The van der Waals surface area contributed by atoms with E-state index in [4.69, 9.17) is 0 Å². The van der Waals surface area contributed by atoms with Gasteiger partial charge in [0.05, 0.1) is 23.9 Å². The highest BCUT2D eigenvalue weighted by Gasteiger charge is 2.18. The molecule has 1 N–H and O–H groups in total. The monoisotopic (exact) mass is 334 g/mol. The average Bonchev–Trinajstić information content (AvgIpc) is 3.12. The van der Waals surface area contributed by atoms with Crippen LogP contribution < -0.4 is 5.32 Å². The highest BCUT2D eigenvalue weighted by atomic mass is 32.1. The van der Waals surface area contributed by atoms with Crippen molar-refractivity contribution in [1.29, 1.82) is 0 Å². The minimum atomic E-state index is -0.0198. The molecule has 0 unspecified atom stereocenters. The van der Waals surface area contributed by atoms with Crippen molar-refractivity contribution in [3.05, 3.63) is 39.0 Å². The molecule has 1 atom stereocenters. The van der Waals surface area contributed by atoms with Gasteiger partial charge in [-0.2, -0.15) is 0 Å². The highest BCUT2D eigenvalue weighted by molar-refractivity contribution is 7.15. The van der Waals surface area contributed by atoms with Gasteiger partial charge in [-0.1, -0.05) is 6.92 Å². The molecule has 7 heteroatoms. The standard InChI is InChI=1S/C15H18N4OS2/c1-4-12(14-16-9(2)10(3)22-14)18-13(20)7-11-8-19-5-6-21-15(19)17-11/h5-6,8,12H,4,7H2,1-3H3,(H,18,20)/t12-/m1/s1. The second-order valence-electron chi connectivity index (χ2n) is 5.22. The third-order valence-corrected chi connectivity index (χ3v) is 5.53. The van der Waals surface area contributed by atoms with E-state index in [9.17, 15) is 4.79 Å². The summed E-state index contributed by atoms with van der Waals surface area (Å²) < 4.78 is 1.94. The summed E-state index contributed by atoms with van der Waals surface area (Å²) in [7, 11) is 0. The topological polar surface area (TPSA) is 59.3 Å². The van der Waals surface area contributed by atoms with E-state index in [1.807, 2.05) is 29.1 Å². The van der Waals surface area contributed by atoms with Crippen molar-refractivity contribution in [2.45, 2.75) is 39.7 Å². The van der Waals surface area contributed by atoms with E-state index in [2.05, 4.69) is 29.1 Å². The molecule has 5 nitrogen and oxygen atoms in total. The Labute approximate surface area is 137 Å². The van der Waals surface area contributed by atoms with Gasteiger partial charge in [-0.25, -0.2) is 9.97 Å². The molecule has 0 aliphatic heterocycles. The summed E-state index contributed by atoms with van der Waals surface area (Å²) in [6.07, 6.45) is 4.99. The van der Waals surface area contributed by atoms with Crippen molar-refractivity contribution in [3.63, 3.8) is 0 Å². The van der Waals surface area contributed by atoms with Crippen molar-refractivity contribution in [1.82, 2.24) is 19.7 Å². The molecule has 0 aliphatic rings. The zero-order valence-corrected chi connectivity index (χ0v) is 14.4. The number of nitrogens with one attached hydrogen (secondary N) is 1. The van der Waals surface area contributed by atoms with Gasteiger partial charge >= 0.3 is 0 Å². The molecular formula is C15H18N4OS2. The van der Waals surface area contributed by atoms with Crippen LogP contribution in [0.3, 0.4) is 0 Å². The Balaban J connectivity index is 1.67. The molecule has 3 aromatic rings. The second-order valence-corrected chi connectivity index (χ2v) is 7.33. The normalized spacial score (nSPS) is 12.7. The minimum Gasteiger partial charge on any atom is -0.347 e. The molecule has 0 fully saturated rings. The van der Waals surface area contributed by atoms with E-state index in [1.54, 1.807) is 22.7 Å². The van der Waals surface area contributed by atoms with Crippen LogP contribution in [0.2, 0.25) is 0 Å². The van der Waals surface area contributed by atoms with Gasteiger partial charge in [0.2, 0.25) is 5.91 Å². The van der Waals surface area contributed by atoms with Crippen LogP contribution in [0.15, 0.2) is 17.8 Å². The van der Waals surface area contributed by atoms with Crippen molar-refractivity contribution in [2.24, 2.45) is 0 Å². The molecule has 0 bridgehead atoms. The lowest BCUT2D eigenvalue weighted by atomic mass is 10.2. The summed E-state index contributed by atoms with van der Waals surface area (Å²) in [6.45, 7) is 6.12. The number of hydrogen-bond donors (Lipinski definition) is 1. The van der Waals surface area contributed by atoms with Crippen LogP contribution >= 0.6 is 22.7 Å². The summed E-state index contributed by atoms with van der Waals surface area (Å²) >= 11 is 3.22. The summed E-state index contributed by atoms with van der Waals surface area (Å²) in [5.41, 5.74) is 1.84. The number of amides is 1. The molecule has 3 heterocycles. The van der Waals surface area contributed by atoms with Crippen molar-refractivity contribution in [3.8, 4) is 0 Å². The fourth-order valence-electron chi connectivity index (χ4n) is 2.26. The lowest BCUT2D eigenvalue weighted by molar-refractivity contribution is -0.121. The molecule has 1 amide bonds. The maximum Gasteiger partial charge on any atom is 0.226 e. The molecule has 3 rings (SSSR count). The van der Waals surface area contributed by atoms with Crippen LogP contribution in [0.1, 0.15) is 40.7 Å². The predicted octanol–water partition coefficient (Wildman–Crippen LogP) is 3.28. The number of aromatic nitrogens is 3. The number of carbonyl (C=O) groups is 1. The van der Waals surface area contributed by atoms with Crippen LogP contribution in [0, 0.1) is 13.8 Å². The zero-order valence-electron chi connectivity index (χ0n) is 12.8. The first kappa shape index (κ1) is 15.2. The first-order chi connectivity index (χ1) is 10.6. The fourth-order valence-corrected chi connectivity index (χ4v) is 4.03. The quantitative estimate of drug-likeness (QED) is 0.779. The zero-order chi connectivity index (χ0) is 15.7. The van der Waals surface area contributed by atoms with Gasteiger partial charge in [-0.3, -0.25) is 9.20 Å². The lowest BCUT2D eigenvalue weighted by Gasteiger charge is -2.13. The van der Waals surface area contributed by atoms with E-state index in [-0.39, 0.29) is 11.9 Å². The van der Waals surface area contributed by atoms with E-state index >= 15 is 0 Å². The maximum absolute atomic E-state index is 12.3. The Kier molecular flexibility index (Phi) is 4.26. The Morgan fingerprint density at radius 2 is 2.23 bits per heavy atom. The first-order valence-corrected chi connectivity index (χ1v) is 8.90. The highest BCUT2D eigenvalue weighted by Crippen LogP contribution is 2.25. The van der Waals surface area contributed by atoms with Gasteiger partial charge in [-0.15, -0.1) is 22.7 Å². The first-order valence-electron chi connectivity index (χ1n) is 7.21. The van der Waals surface area contributed by atoms with Crippen LogP contribution in [-0.2, 0) is 11.2 Å². The van der Waals surface area contributed by atoms with E-state index in [1.165, 1.54) is 4.88 Å². The largest absolute Gasteiger partial charge is 0.347 e. The van der Waals surface area contributed by atoms with Gasteiger partial charge < -0.3 is 5.32 Å². The fraction of sp³-hybridized carbons (Fsp3) is 0.400. The number of nitrogens with zero attached hydrogens (tertiary/aromatic N) is 3. The van der Waals surface area contributed by atoms with E-state index < -0.39 is 0 Å². The number of rotatable bonds is 5. The summed E-state index contributed by atoms with van der Waals surface area (Å²) in [6, 6.07) is -0.0198. The average molecular weight is 334 g/mol. The summed E-state index contributed by atoms with van der Waals surface area (Å²) in [4.78, 5) is 23.4. The Hall–Kier alpha value is -1.73. The molecule has 22 heavy (non-hydrogen) atoms. The number of fused-ring (bicyclic) bond motifs is 1. The molecular weight excluding hydrogens is 316 g/mol. The van der Waals surface area contributed by atoms with E-state index in [0.29, 0.717) is 6.42 Å². The number of imidazole rings is 1. The summed E-state index contributed by atoms with van der Waals surface area (Å²) in [5.74, 6) is -0.0110. The van der Waals surface area contributed by atoms with Crippen LogP contribution in [0.5, 0.6) is 0 Å². The molecule has 116 valence electrons. The number of thiazole rings is 2. The Morgan fingerprint density at radius 3 is 2.86 bits per heavy atom. The number of aryl methyl sites for hydroxylation is 2. The van der Waals surface area contributed by atoms with Gasteiger partial charge in [-0.05, 0) is 20.3 Å². The maximum atomic E-state index is 12.3. The van der Waals surface area contributed by atoms with Gasteiger partial charge in [0.25, 0.3) is 0 Å². The third-order valence-electron chi connectivity index (χ3n) is 3.57. The van der Waals surface area contributed by atoms with Crippen molar-refractivity contribution >= 4 is 33.5 Å². The van der Waals surface area contributed by atoms with Crippen LogP contribution in [0.4, 0.5) is 0 Å². The van der Waals surface area contributed by atoms with Crippen LogP contribution in [0.25, 0.3) is 4.96 Å². The van der Waals surface area contributed by atoms with Crippen molar-refractivity contribution < 1.29 is 4.79 Å². The predicted molar refractivity (Wildman–Crippen MR) is 89.5 cm³/mol. The number of hydrogen-bond acceptors (Lipinski definition) is 5. The smallest absolute Gasteiger partial charge is 0.226 e.